The van der Waals surface area contributed by atoms with Gasteiger partial charge in [-0.05, 0) is 133 Å². The molecule has 5 fully saturated rings. The van der Waals surface area contributed by atoms with Crippen LogP contribution in [0.4, 0.5) is 0 Å². The highest BCUT2D eigenvalue weighted by molar-refractivity contribution is 5.85. The lowest BCUT2D eigenvalue weighted by Gasteiger charge is -2.72. The Labute approximate surface area is 308 Å². The molecule has 9 atom stereocenters. The first-order valence-corrected chi connectivity index (χ1v) is 20.3. The van der Waals surface area contributed by atoms with Crippen LogP contribution in [-0.4, -0.2) is 12.4 Å². The summed E-state index contributed by atoms with van der Waals surface area (Å²) >= 11 is 0. The van der Waals surface area contributed by atoms with E-state index >= 15 is 0 Å². The summed E-state index contributed by atoms with van der Waals surface area (Å²) in [5, 5.41) is 0. The fraction of sp³-hybridized carbons (Fsp3) is 0.571. The van der Waals surface area contributed by atoms with Crippen molar-refractivity contribution in [1.82, 2.24) is 0 Å². The first kappa shape index (κ1) is 35.1. The molecule has 0 unspecified atom stereocenters. The summed E-state index contributed by atoms with van der Waals surface area (Å²) in [6.07, 6.45) is 11.8. The van der Waals surface area contributed by atoms with Crippen molar-refractivity contribution in [1.29, 1.82) is 0 Å². The lowest BCUT2D eigenvalue weighted by atomic mass is 9.32. The number of ketones is 1. The third kappa shape index (κ3) is 4.93. The zero-order valence-corrected chi connectivity index (χ0v) is 32.3. The summed E-state index contributed by atoms with van der Waals surface area (Å²) < 4.78 is 7.76. The summed E-state index contributed by atoms with van der Waals surface area (Å²) in [5.74, 6) is 3.43. The molecule has 5 aliphatic carbocycles. The molecule has 0 aromatic heterocycles. The quantitative estimate of drug-likeness (QED) is 0.183. The van der Waals surface area contributed by atoms with E-state index in [0.29, 0.717) is 35.4 Å². The van der Waals surface area contributed by atoms with Crippen LogP contribution in [0.3, 0.4) is 0 Å². The van der Waals surface area contributed by atoms with Crippen molar-refractivity contribution in [3.8, 4) is 0 Å². The van der Waals surface area contributed by atoms with Crippen molar-refractivity contribution in [2.45, 2.75) is 111 Å². The molecule has 0 amide bonds. The van der Waals surface area contributed by atoms with Crippen LogP contribution < -0.4 is 0 Å². The van der Waals surface area contributed by atoms with E-state index in [9.17, 15) is 4.79 Å². The second kappa shape index (κ2) is 12.3. The summed E-state index contributed by atoms with van der Waals surface area (Å²) in [6.45, 7) is 20.4. The molecular formula is C49H62O2. The molecule has 5 saturated carbocycles. The summed E-state index contributed by atoms with van der Waals surface area (Å²) in [5.41, 5.74) is 4.93. The van der Waals surface area contributed by atoms with E-state index in [1.54, 1.807) is 0 Å². The minimum atomic E-state index is -0.701. The molecule has 0 N–H and O–H groups in total. The lowest BCUT2D eigenvalue weighted by molar-refractivity contribution is -0.239. The van der Waals surface area contributed by atoms with Crippen LogP contribution in [0.25, 0.3) is 0 Å². The molecule has 3 aromatic rings. The molecular weight excluding hydrogens is 621 g/mol. The molecule has 0 aliphatic heterocycles. The Balaban J connectivity index is 1.19. The molecule has 0 spiro atoms. The van der Waals surface area contributed by atoms with Gasteiger partial charge in [0.1, 0.15) is 11.4 Å². The maximum atomic E-state index is 13.3. The number of carbonyl (C=O) groups excluding carboxylic acids is 1. The zero-order chi connectivity index (χ0) is 35.9. The largest absolute Gasteiger partial charge is 0.360 e. The minimum Gasteiger partial charge on any atom is -0.360 e. The number of rotatable bonds is 7. The van der Waals surface area contributed by atoms with Gasteiger partial charge in [0.25, 0.3) is 0 Å². The molecule has 2 heteroatoms. The van der Waals surface area contributed by atoms with Gasteiger partial charge in [-0.3, -0.25) is 4.79 Å². The molecule has 0 radical (unpaired) electrons. The van der Waals surface area contributed by atoms with E-state index in [-0.39, 0.29) is 27.1 Å². The van der Waals surface area contributed by atoms with Crippen LogP contribution in [0.5, 0.6) is 0 Å². The minimum absolute atomic E-state index is 0.112. The average Bonchev–Trinajstić information content (AvgIpc) is 3.52. The Morgan fingerprint density at radius 1 is 0.686 bits per heavy atom. The number of carbonyl (C=O) groups is 1. The van der Waals surface area contributed by atoms with Crippen molar-refractivity contribution < 1.29 is 9.53 Å². The lowest BCUT2D eigenvalue weighted by Crippen LogP contribution is -2.66. The molecule has 51 heavy (non-hydrogen) atoms. The maximum Gasteiger partial charge on any atom is 0.143 e. The highest BCUT2D eigenvalue weighted by atomic mass is 16.5. The van der Waals surface area contributed by atoms with Crippen molar-refractivity contribution in [3.05, 3.63) is 120 Å². The molecule has 270 valence electrons. The molecule has 3 aromatic carbocycles. The Bertz CT molecular complexity index is 1660. The second-order valence-electron chi connectivity index (χ2n) is 19.3. The number of allylic oxidation sites excluding steroid dienone is 1. The monoisotopic (exact) mass is 682 g/mol. The number of hydrogen-bond donors (Lipinski definition) is 0. The van der Waals surface area contributed by atoms with Crippen LogP contribution in [0, 0.1) is 56.7 Å². The van der Waals surface area contributed by atoms with Gasteiger partial charge in [0.15, 0.2) is 0 Å². The van der Waals surface area contributed by atoms with Gasteiger partial charge < -0.3 is 4.74 Å². The van der Waals surface area contributed by atoms with Crippen LogP contribution in [-0.2, 0) is 15.1 Å². The molecule has 0 heterocycles. The number of fused-ring (bicyclic) bond motifs is 7. The summed E-state index contributed by atoms with van der Waals surface area (Å²) in [6, 6.07) is 32.9. The topological polar surface area (TPSA) is 26.3 Å². The van der Waals surface area contributed by atoms with Gasteiger partial charge in [-0.25, -0.2) is 0 Å². The van der Waals surface area contributed by atoms with E-state index < -0.39 is 5.60 Å². The third-order valence-electron chi connectivity index (χ3n) is 17.1. The predicted molar refractivity (Wildman–Crippen MR) is 209 cm³/mol. The van der Waals surface area contributed by atoms with Crippen molar-refractivity contribution in [2.24, 2.45) is 56.7 Å². The van der Waals surface area contributed by atoms with Crippen LogP contribution in [0.2, 0.25) is 0 Å². The standard InChI is InChI=1S/C49H62O2/c1-34(2)38-25-30-48(33-51-49(35-17-11-8-12-18-35,36-19-13-9-14-20-36)37-21-15-10-16-22-37)32-31-46(6)39(43(38)48)23-24-41-45(5)28-27-42(50)44(3,4)40(45)26-29-47(41,46)7/h8-22,38-41,43H,1,23-33H2,2-7H3/t38-,39+,40-,41+,43+,45-,46+,47+,48+/m0/s1. The van der Waals surface area contributed by atoms with Gasteiger partial charge in [-0.1, -0.05) is 138 Å². The van der Waals surface area contributed by atoms with Crippen molar-refractivity contribution in [2.75, 3.05) is 6.61 Å². The van der Waals surface area contributed by atoms with E-state index in [4.69, 9.17) is 4.74 Å². The average molecular weight is 683 g/mol. The normalized spacial score (nSPS) is 38.5. The first-order chi connectivity index (χ1) is 24.3. The smallest absolute Gasteiger partial charge is 0.143 e. The fourth-order valence-corrected chi connectivity index (χ4v) is 14.4. The molecule has 5 aliphatic rings. The molecule has 0 bridgehead atoms. The third-order valence-corrected chi connectivity index (χ3v) is 17.1. The molecule has 8 rings (SSSR count). The van der Waals surface area contributed by atoms with E-state index in [2.05, 4.69) is 139 Å². The van der Waals surface area contributed by atoms with Crippen LogP contribution >= 0.6 is 0 Å². The molecule has 2 nitrogen and oxygen atoms in total. The van der Waals surface area contributed by atoms with Crippen LogP contribution in [0.1, 0.15) is 122 Å². The van der Waals surface area contributed by atoms with Gasteiger partial charge in [0.2, 0.25) is 0 Å². The first-order valence-electron chi connectivity index (χ1n) is 20.3. The van der Waals surface area contributed by atoms with E-state index in [1.165, 1.54) is 73.6 Å². The predicted octanol–water partition coefficient (Wildman–Crippen LogP) is 12.2. The highest BCUT2D eigenvalue weighted by Crippen LogP contribution is 2.77. The Morgan fingerprint density at radius 2 is 1.25 bits per heavy atom. The van der Waals surface area contributed by atoms with Gasteiger partial charge in [0, 0.05) is 11.8 Å². The summed E-state index contributed by atoms with van der Waals surface area (Å²) in [4.78, 5) is 13.3. The Morgan fingerprint density at radius 3 is 1.80 bits per heavy atom. The van der Waals surface area contributed by atoms with Gasteiger partial charge >= 0.3 is 0 Å². The van der Waals surface area contributed by atoms with E-state index in [0.717, 1.165) is 19.4 Å². The highest BCUT2D eigenvalue weighted by Gasteiger charge is 2.71. The second-order valence-corrected chi connectivity index (χ2v) is 19.3. The molecule has 0 saturated heterocycles. The summed E-state index contributed by atoms with van der Waals surface area (Å²) in [7, 11) is 0. The maximum absolute atomic E-state index is 13.3. The number of benzene rings is 3. The number of hydrogen-bond acceptors (Lipinski definition) is 2. The van der Waals surface area contributed by atoms with Crippen molar-refractivity contribution in [3.63, 3.8) is 0 Å². The van der Waals surface area contributed by atoms with Crippen molar-refractivity contribution >= 4 is 5.78 Å². The SMILES string of the molecule is C=C(C)[C@@H]1CC[C@]2(COC(c3ccccc3)(c3ccccc3)c3ccccc3)CC[C@]3(C)[C@H](CC[C@@H]4[C@@]5(C)CCC(=O)C(C)(C)[C@@H]5CC[C@]43C)[C@@H]12. The zero-order valence-electron chi connectivity index (χ0n) is 32.3. The van der Waals surface area contributed by atoms with Gasteiger partial charge in [0.05, 0.1) is 6.61 Å². The van der Waals surface area contributed by atoms with E-state index in [1.807, 2.05) is 0 Å². The van der Waals surface area contributed by atoms with Gasteiger partial charge in [-0.15, -0.1) is 0 Å². The number of Topliss-reactive ketones (excluding diaryl/α,β-unsaturated/α-hetero) is 1. The fourth-order valence-electron chi connectivity index (χ4n) is 14.4. The number of ether oxygens (including phenoxy) is 1. The Hall–Kier alpha value is -2.97. The Kier molecular flexibility index (Phi) is 8.46. The van der Waals surface area contributed by atoms with Crippen LogP contribution in [0.15, 0.2) is 103 Å². The van der Waals surface area contributed by atoms with Gasteiger partial charge in [-0.2, -0.15) is 0 Å².